The van der Waals surface area contributed by atoms with E-state index in [4.69, 9.17) is 0 Å². The molecule has 1 heterocycles. The number of rotatable bonds is 8. The normalized spacial score (nSPS) is 12.8. The molecule has 9 heteroatoms. The fourth-order valence-electron chi connectivity index (χ4n) is 2.98. The lowest BCUT2D eigenvalue weighted by molar-refractivity contribution is -0.115. The highest BCUT2D eigenvalue weighted by Gasteiger charge is 2.24. The fraction of sp³-hybridized carbons (Fsp3) is 0.273. The number of thioether (sulfide) groups is 1. The lowest BCUT2D eigenvalue weighted by Gasteiger charge is -2.16. The van der Waals surface area contributed by atoms with Crippen LogP contribution in [0, 0.1) is 5.82 Å². The monoisotopic (exact) mass is 441 g/mol. The maximum Gasteiger partial charge on any atom is 0.254 e. The highest BCUT2D eigenvalue weighted by atomic mass is 32.2. The number of amides is 2. The fourth-order valence-corrected chi connectivity index (χ4v) is 3.91. The second kappa shape index (κ2) is 10.2. The van der Waals surface area contributed by atoms with E-state index in [0.717, 1.165) is 5.69 Å². The molecule has 0 unspecified atom stereocenters. The molecule has 2 N–H and O–H groups in total. The number of para-hydroxylation sites is 1. The number of halogens is 1. The first-order valence-corrected chi connectivity index (χ1v) is 10.8. The first-order valence-electron chi connectivity index (χ1n) is 9.88. The van der Waals surface area contributed by atoms with Crippen LogP contribution in [-0.4, -0.2) is 31.8 Å². The van der Waals surface area contributed by atoms with E-state index < -0.39 is 17.8 Å². The van der Waals surface area contributed by atoms with Gasteiger partial charge in [0, 0.05) is 12.7 Å². The van der Waals surface area contributed by atoms with Crippen LogP contribution in [0.15, 0.2) is 59.8 Å². The minimum atomic E-state index is -0.586. The van der Waals surface area contributed by atoms with Gasteiger partial charge in [-0.2, -0.15) is 0 Å². The molecular weight excluding hydrogens is 417 g/mol. The Balaban J connectivity index is 1.67. The number of anilines is 1. The molecule has 1 aromatic heterocycles. The lowest BCUT2D eigenvalue weighted by atomic mass is 10.2. The number of aromatic nitrogens is 3. The molecule has 2 atom stereocenters. The van der Waals surface area contributed by atoms with Gasteiger partial charge < -0.3 is 15.2 Å². The largest absolute Gasteiger partial charge is 0.342 e. The van der Waals surface area contributed by atoms with Gasteiger partial charge in [0.25, 0.3) is 5.91 Å². The number of hydrogen-bond acceptors (Lipinski definition) is 5. The third-order valence-electron chi connectivity index (χ3n) is 4.67. The zero-order valence-electron chi connectivity index (χ0n) is 17.5. The molecule has 3 rings (SSSR count). The van der Waals surface area contributed by atoms with Crippen LogP contribution in [0.1, 0.15) is 42.5 Å². The highest BCUT2D eigenvalue weighted by molar-refractivity contribution is 8.00. The van der Waals surface area contributed by atoms with Crippen LogP contribution in [0.5, 0.6) is 0 Å². The van der Waals surface area contributed by atoms with E-state index >= 15 is 0 Å². The molecule has 3 aromatic rings. The predicted molar refractivity (Wildman–Crippen MR) is 118 cm³/mol. The molecule has 2 amide bonds. The molecule has 0 fully saturated rings. The quantitative estimate of drug-likeness (QED) is 0.517. The summed E-state index contributed by atoms with van der Waals surface area (Å²) in [5.74, 6) is -0.734. The molecule has 162 valence electrons. The van der Waals surface area contributed by atoms with E-state index in [1.54, 1.807) is 24.6 Å². The van der Waals surface area contributed by atoms with E-state index in [9.17, 15) is 14.0 Å². The molecule has 0 aliphatic carbocycles. The smallest absolute Gasteiger partial charge is 0.254 e. The van der Waals surface area contributed by atoms with Crippen molar-refractivity contribution in [1.82, 2.24) is 20.1 Å². The number of carbonyl (C=O) groups excluding carboxylic acids is 2. The average Bonchev–Trinajstić information content (AvgIpc) is 3.13. The molecule has 0 saturated heterocycles. The number of nitrogens with zero attached hydrogens (tertiary/aromatic N) is 3. The standard InChI is InChI=1S/C22H24FN5O2S/c1-4-18(21(30)25-15-10-6-5-7-11-15)31-22-27-26-19(28(22)3)14(2)24-20(29)16-12-8-9-13-17(16)23/h5-14,18H,4H2,1-3H3,(H,24,29)(H,25,30)/t14-,18-/m1/s1. The van der Waals surface area contributed by atoms with Crippen molar-refractivity contribution in [3.63, 3.8) is 0 Å². The first kappa shape index (κ1) is 22.5. The first-order chi connectivity index (χ1) is 14.9. The maximum atomic E-state index is 13.9. The second-order valence-electron chi connectivity index (χ2n) is 6.94. The van der Waals surface area contributed by atoms with Crippen LogP contribution in [0.3, 0.4) is 0 Å². The van der Waals surface area contributed by atoms with E-state index in [-0.39, 0.29) is 16.7 Å². The number of nitrogens with one attached hydrogen (secondary N) is 2. The molecule has 0 bridgehead atoms. The summed E-state index contributed by atoms with van der Waals surface area (Å²) in [4.78, 5) is 25.0. The van der Waals surface area contributed by atoms with Crippen molar-refractivity contribution >= 4 is 29.3 Å². The van der Waals surface area contributed by atoms with Crippen molar-refractivity contribution in [3.05, 3.63) is 71.8 Å². The summed E-state index contributed by atoms with van der Waals surface area (Å²) in [5, 5.41) is 14.2. The SMILES string of the molecule is CC[C@@H](Sc1nnc([C@@H](C)NC(=O)c2ccccc2F)n1C)C(=O)Nc1ccccc1. The third-order valence-corrected chi connectivity index (χ3v) is 6.07. The summed E-state index contributed by atoms with van der Waals surface area (Å²) in [7, 11) is 1.77. The van der Waals surface area contributed by atoms with Crippen LogP contribution >= 0.6 is 11.8 Å². The van der Waals surface area contributed by atoms with Crippen LogP contribution < -0.4 is 10.6 Å². The summed E-state index contributed by atoms with van der Waals surface area (Å²) in [6.07, 6.45) is 0.602. The van der Waals surface area contributed by atoms with Gasteiger partial charge in [0.1, 0.15) is 5.82 Å². The molecule has 0 aliphatic heterocycles. The van der Waals surface area contributed by atoms with E-state index in [0.29, 0.717) is 17.4 Å². The van der Waals surface area contributed by atoms with Gasteiger partial charge >= 0.3 is 0 Å². The van der Waals surface area contributed by atoms with Crippen molar-refractivity contribution in [1.29, 1.82) is 0 Å². The van der Waals surface area contributed by atoms with E-state index in [2.05, 4.69) is 20.8 Å². The van der Waals surface area contributed by atoms with Crippen LogP contribution in [-0.2, 0) is 11.8 Å². The maximum absolute atomic E-state index is 13.9. The minimum absolute atomic E-state index is 0.0326. The topological polar surface area (TPSA) is 88.9 Å². The molecule has 0 saturated carbocycles. The van der Waals surface area contributed by atoms with Crippen LogP contribution in [0.4, 0.5) is 10.1 Å². The summed E-state index contributed by atoms with van der Waals surface area (Å²) >= 11 is 1.30. The second-order valence-corrected chi connectivity index (χ2v) is 8.11. The zero-order valence-corrected chi connectivity index (χ0v) is 18.3. The lowest BCUT2D eigenvalue weighted by Crippen LogP contribution is -2.29. The van der Waals surface area contributed by atoms with Crippen LogP contribution in [0.25, 0.3) is 0 Å². The Morgan fingerprint density at radius 1 is 1.10 bits per heavy atom. The van der Waals surface area contributed by atoms with Crippen molar-refractivity contribution in [3.8, 4) is 0 Å². The Bertz CT molecular complexity index is 1060. The van der Waals surface area contributed by atoms with Gasteiger partial charge in [0.15, 0.2) is 11.0 Å². The molecule has 2 aromatic carbocycles. The molecule has 7 nitrogen and oxygen atoms in total. The Kier molecular flexibility index (Phi) is 7.41. The summed E-state index contributed by atoms with van der Waals surface area (Å²) in [5.41, 5.74) is 0.699. The molecule has 0 spiro atoms. The Morgan fingerprint density at radius 3 is 2.45 bits per heavy atom. The number of benzene rings is 2. The van der Waals surface area contributed by atoms with Crippen molar-refractivity contribution in [2.75, 3.05) is 5.32 Å². The summed E-state index contributed by atoms with van der Waals surface area (Å²) in [6.45, 7) is 3.67. The van der Waals surface area contributed by atoms with Crippen molar-refractivity contribution in [2.45, 2.75) is 36.7 Å². The molecule has 0 radical (unpaired) electrons. The molecule has 0 aliphatic rings. The highest BCUT2D eigenvalue weighted by Crippen LogP contribution is 2.26. The van der Waals surface area contributed by atoms with Gasteiger partial charge in [-0.05, 0) is 37.6 Å². The average molecular weight is 442 g/mol. The third kappa shape index (κ3) is 5.49. The van der Waals surface area contributed by atoms with E-state index in [1.165, 1.54) is 30.0 Å². The number of carbonyl (C=O) groups is 2. The van der Waals surface area contributed by atoms with Crippen LogP contribution in [0.2, 0.25) is 0 Å². The summed E-state index contributed by atoms with van der Waals surface area (Å²) < 4.78 is 15.6. The Morgan fingerprint density at radius 2 is 1.77 bits per heavy atom. The predicted octanol–water partition coefficient (Wildman–Crippen LogP) is 3.95. The zero-order chi connectivity index (χ0) is 22.4. The molecular formula is C22H24FN5O2S. The Labute approximate surface area is 184 Å². The van der Waals surface area contributed by atoms with Gasteiger partial charge in [-0.3, -0.25) is 9.59 Å². The molecule has 31 heavy (non-hydrogen) atoms. The van der Waals surface area contributed by atoms with Crippen molar-refractivity contribution < 1.29 is 14.0 Å². The summed E-state index contributed by atoms with van der Waals surface area (Å²) in [6, 6.07) is 14.5. The van der Waals surface area contributed by atoms with Gasteiger partial charge in [-0.1, -0.05) is 49.0 Å². The minimum Gasteiger partial charge on any atom is -0.342 e. The Hall–Kier alpha value is -3.20. The number of hydrogen-bond donors (Lipinski definition) is 2. The van der Waals surface area contributed by atoms with Gasteiger partial charge in [0.2, 0.25) is 5.91 Å². The van der Waals surface area contributed by atoms with Crippen molar-refractivity contribution in [2.24, 2.45) is 7.05 Å². The van der Waals surface area contributed by atoms with Gasteiger partial charge in [0.05, 0.1) is 16.9 Å². The van der Waals surface area contributed by atoms with Gasteiger partial charge in [-0.15, -0.1) is 10.2 Å². The van der Waals surface area contributed by atoms with Gasteiger partial charge in [-0.25, -0.2) is 4.39 Å². The van der Waals surface area contributed by atoms with E-state index in [1.807, 2.05) is 37.3 Å².